The van der Waals surface area contributed by atoms with Gasteiger partial charge in [-0.3, -0.25) is 0 Å². The van der Waals surface area contributed by atoms with Crippen molar-refractivity contribution in [2.24, 2.45) is 0 Å². The van der Waals surface area contributed by atoms with E-state index in [-0.39, 0.29) is 10.8 Å². The standard InChI is InChI=1S/C26H18Br3NO/c1-30-22-5-3-2-4-19(22)25-10-11-31-26(25,30)23(29)14-24(25)20-12-15(27)6-8-17(20)18-9-7-16(28)13-21(18)24/h2-9,12-14H,10-11H2,1H3/t25-,26+/m1/s1. The third kappa shape index (κ3) is 1.85. The van der Waals surface area contributed by atoms with Crippen LogP contribution in [0.3, 0.4) is 0 Å². The molecule has 2 atom stereocenters. The maximum Gasteiger partial charge on any atom is 0.184 e. The van der Waals surface area contributed by atoms with E-state index in [4.69, 9.17) is 4.74 Å². The Morgan fingerprint density at radius 1 is 0.839 bits per heavy atom. The van der Waals surface area contributed by atoms with E-state index in [2.05, 4.69) is 126 Å². The van der Waals surface area contributed by atoms with Crippen LogP contribution < -0.4 is 4.90 Å². The molecule has 31 heavy (non-hydrogen) atoms. The van der Waals surface area contributed by atoms with Gasteiger partial charge >= 0.3 is 0 Å². The third-order valence-corrected chi connectivity index (χ3v) is 9.76. The Hall–Kier alpha value is -1.40. The molecule has 5 heteroatoms. The van der Waals surface area contributed by atoms with Crippen molar-refractivity contribution < 1.29 is 4.74 Å². The van der Waals surface area contributed by atoms with Crippen molar-refractivity contribution in [1.82, 2.24) is 0 Å². The van der Waals surface area contributed by atoms with Crippen molar-refractivity contribution in [1.29, 1.82) is 0 Å². The second-order valence-corrected chi connectivity index (χ2v) is 11.6. The Morgan fingerprint density at radius 3 is 2.16 bits per heavy atom. The molecular weight excluding hydrogens is 582 g/mol. The van der Waals surface area contributed by atoms with E-state index in [9.17, 15) is 0 Å². The fourth-order valence-electron chi connectivity index (χ4n) is 7.08. The molecular formula is C26H18Br3NO. The quantitative estimate of drug-likeness (QED) is 0.269. The zero-order chi connectivity index (χ0) is 21.2. The molecule has 1 saturated heterocycles. The number of fused-ring (bicyclic) bond motifs is 6. The second kappa shape index (κ2) is 5.93. The Morgan fingerprint density at radius 2 is 1.48 bits per heavy atom. The summed E-state index contributed by atoms with van der Waals surface area (Å²) in [7, 11) is 2.18. The monoisotopic (exact) mass is 597 g/mol. The van der Waals surface area contributed by atoms with Crippen LogP contribution in [0, 0.1) is 0 Å². The number of anilines is 1. The Bertz CT molecular complexity index is 1300. The van der Waals surface area contributed by atoms with E-state index in [1.165, 1.54) is 33.5 Å². The Kier molecular flexibility index (Phi) is 3.66. The van der Waals surface area contributed by atoms with Crippen molar-refractivity contribution >= 4 is 53.5 Å². The molecule has 3 aromatic rings. The van der Waals surface area contributed by atoms with Gasteiger partial charge < -0.3 is 9.64 Å². The van der Waals surface area contributed by atoms with Gasteiger partial charge in [0.1, 0.15) is 0 Å². The number of ether oxygens (including phenoxy) is 1. The average Bonchev–Trinajstić information content (AvgIpc) is 3.41. The molecule has 7 rings (SSSR count). The number of benzene rings is 3. The van der Waals surface area contributed by atoms with Gasteiger partial charge in [-0.25, -0.2) is 0 Å². The van der Waals surface area contributed by atoms with Gasteiger partial charge in [0.25, 0.3) is 0 Å². The number of halogens is 3. The van der Waals surface area contributed by atoms with Crippen LogP contribution in [0.4, 0.5) is 5.69 Å². The SMILES string of the molecule is CN1c2ccccc2[C@@]23CCO[C@]12C(Br)=CC31c2cc(Br)ccc2-c2ccc(Br)cc21. The number of para-hydroxylation sites is 1. The van der Waals surface area contributed by atoms with Crippen LogP contribution >= 0.6 is 47.8 Å². The third-order valence-electron chi connectivity index (χ3n) is 8.01. The highest BCUT2D eigenvalue weighted by Gasteiger charge is 2.79. The van der Waals surface area contributed by atoms with Gasteiger partial charge in [0.2, 0.25) is 0 Å². The van der Waals surface area contributed by atoms with E-state index in [0.29, 0.717) is 0 Å². The molecule has 0 unspecified atom stereocenters. The molecule has 3 aromatic carbocycles. The number of hydrogen-bond acceptors (Lipinski definition) is 2. The highest BCUT2D eigenvalue weighted by Crippen LogP contribution is 2.76. The average molecular weight is 600 g/mol. The molecule has 2 heterocycles. The van der Waals surface area contributed by atoms with Crippen LogP contribution in [0.1, 0.15) is 23.1 Å². The molecule has 0 bridgehead atoms. The topological polar surface area (TPSA) is 12.5 Å². The first-order valence-electron chi connectivity index (χ1n) is 10.4. The second-order valence-electron chi connectivity index (χ2n) is 8.90. The van der Waals surface area contributed by atoms with E-state index in [1.807, 2.05) is 0 Å². The largest absolute Gasteiger partial charge is 0.350 e. The molecule has 1 fully saturated rings. The van der Waals surface area contributed by atoms with Gasteiger partial charge in [-0.15, -0.1) is 0 Å². The minimum absolute atomic E-state index is 0.258. The first-order valence-corrected chi connectivity index (χ1v) is 12.8. The number of nitrogens with zero attached hydrogens (tertiary/aromatic N) is 1. The van der Waals surface area contributed by atoms with Gasteiger partial charge in [0.05, 0.1) is 17.4 Å². The molecule has 2 aliphatic carbocycles. The number of allylic oxidation sites excluding steroid dienone is 1. The van der Waals surface area contributed by atoms with Gasteiger partial charge in [-0.1, -0.05) is 84.2 Å². The van der Waals surface area contributed by atoms with Crippen molar-refractivity contribution in [2.45, 2.75) is 23.0 Å². The lowest BCUT2D eigenvalue weighted by molar-refractivity contribution is 0.0132. The van der Waals surface area contributed by atoms with Gasteiger partial charge in [-0.05, 0) is 64.6 Å². The number of hydrogen-bond donors (Lipinski definition) is 0. The van der Waals surface area contributed by atoms with Crippen LogP contribution in [0.5, 0.6) is 0 Å². The van der Waals surface area contributed by atoms with E-state index in [1.54, 1.807) is 0 Å². The predicted molar refractivity (Wildman–Crippen MR) is 135 cm³/mol. The predicted octanol–water partition coefficient (Wildman–Crippen LogP) is 7.27. The number of likely N-dealkylation sites (N-methyl/N-ethyl adjacent to an activating group) is 1. The highest BCUT2D eigenvalue weighted by molar-refractivity contribution is 9.11. The molecule has 1 spiro atoms. The van der Waals surface area contributed by atoms with Crippen LogP contribution in [0.2, 0.25) is 0 Å². The molecule has 2 aliphatic heterocycles. The molecule has 154 valence electrons. The molecule has 0 amide bonds. The molecule has 0 saturated carbocycles. The summed E-state index contributed by atoms with van der Waals surface area (Å²) in [4.78, 5) is 2.36. The minimum atomic E-state index is -0.541. The van der Waals surface area contributed by atoms with Crippen molar-refractivity contribution in [2.75, 3.05) is 18.6 Å². The van der Waals surface area contributed by atoms with Crippen molar-refractivity contribution in [3.05, 3.63) is 96.9 Å². The Balaban J connectivity index is 1.70. The zero-order valence-electron chi connectivity index (χ0n) is 16.8. The lowest BCUT2D eigenvalue weighted by Gasteiger charge is -2.47. The molecule has 0 N–H and O–H groups in total. The van der Waals surface area contributed by atoms with E-state index < -0.39 is 5.72 Å². The minimum Gasteiger partial charge on any atom is -0.350 e. The highest BCUT2D eigenvalue weighted by atomic mass is 79.9. The maximum absolute atomic E-state index is 6.75. The normalized spacial score (nSPS) is 28.3. The van der Waals surface area contributed by atoms with Gasteiger partial charge in [0, 0.05) is 26.2 Å². The zero-order valence-corrected chi connectivity index (χ0v) is 21.5. The molecule has 0 aromatic heterocycles. The summed E-state index contributed by atoms with van der Waals surface area (Å²) >= 11 is 11.6. The summed E-state index contributed by atoms with van der Waals surface area (Å²) in [5.41, 5.74) is 6.82. The van der Waals surface area contributed by atoms with Gasteiger partial charge in [-0.2, -0.15) is 0 Å². The lowest BCUT2D eigenvalue weighted by Crippen LogP contribution is -2.59. The van der Waals surface area contributed by atoms with Gasteiger partial charge in [0.15, 0.2) is 5.72 Å². The molecule has 0 radical (unpaired) electrons. The van der Waals surface area contributed by atoms with Crippen molar-refractivity contribution in [3.8, 4) is 11.1 Å². The summed E-state index contributed by atoms with van der Waals surface area (Å²) in [5, 5.41) is 0. The summed E-state index contributed by atoms with van der Waals surface area (Å²) in [6.07, 6.45) is 3.40. The van der Waals surface area contributed by atoms with Crippen LogP contribution in [-0.4, -0.2) is 19.4 Å². The van der Waals surface area contributed by atoms with E-state index >= 15 is 0 Å². The summed E-state index contributed by atoms with van der Waals surface area (Å²) in [5.74, 6) is 0. The fraction of sp³-hybridized carbons (Fsp3) is 0.231. The molecule has 4 aliphatic rings. The smallest absolute Gasteiger partial charge is 0.184 e. The summed E-state index contributed by atoms with van der Waals surface area (Å²) in [6.45, 7) is 0.732. The first kappa shape index (κ1) is 19.1. The lowest BCUT2D eigenvalue weighted by atomic mass is 9.55. The maximum atomic E-state index is 6.75. The summed E-state index contributed by atoms with van der Waals surface area (Å²) < 4.78 is 10.1. The first-order chi connectivity index (χ1) is 15.0. The number of rotatable bonds is 0. The molecule has 2 nitrogen and oxygen atoms in total. The van der Waals surface area contributed by atoms with E-state index in [0.717, 1.165) is 26.5 Å². The fourth-order valence-corrected chi connectivity index (χ4v) is 8.86. The van der Waals surface area contributed by atoms with Crippen molar-refractivity contribution in [3.63, 3.8) is 0 Å². The summed E-state index contributed by atoms with van der Waals surface area (Å²) in [6, 6.07) is 22.3. The van der Waals surface area contributed by atoms with Crippen LogP contribution in [-0.2, 0) is 15.6 Å². The Labute approximate surface area is 206 Å². The van der Waals surface area contributed by atoms with Crippen LogP contribution in [0.15, 0.2) is 80.2 Å². The van der Waals surface area contributed by atoms with Crippen LogP contribution in [0.25, 0.3) is 11.1 Å².